The van der Waals surface area contributed by atoms with Gasteiger partial charge in [-0.15, -0.1) is 10.2 Å². The van der Waals surface area contributed by atoms with Crippen LogP contribution >= 0.6 is 0 Å². The van der Waals surface area contributed by atoms with Crippen molar-refractivity contribution >= 4 is 17.6 Å². The molecule has 2 heterocycles. The van der Waals surface area contributed by atoms with Gasteiger partial charge in [0, 0.05) is 43.4 Å². The standard InChI is InChI=1S/C35H39N5O5/c1-25(26-9-6-5-7-10-26)40(35(42)27-11-13-28(43-2)14-12-27)24-34(41)39-20-8-19-38(21-22-39)33-18-17-31(36-37-33)30-16-15-29(44-3)23-32(30)45-4/h5-7,9-18,23,25H,8,19-22,24H2,1-4H3. The number of ether oxygens (including phenoxy) is 3. The molecule has 1 aromatic heterocycles. The van der Waals surface area contributed by atoms with Crippen molar-refractivity contribution in [3.63, 3.8) is 0 Å². The van der Waals surface area contributed by atoms with Crippen LogP contribution in [0.5, 0.6) is 17.2 Å². The quantitative estimate of drug-likeness (QED) is 0.245. The smallest absolute Gasteiger partial charge is 0.254 e. The number of hydrogen-bond donors (Lipinski definition) is 0. The largest absolute Gasteiger partial charge is 0.497 e. The lowest BCUT2D eigenvalue weighted by Crippen LogP contribution is -2.45. The molecule has 234 valence electrons. The van der Waals surface area contributed by atoms with Crippen molar-refractivity contribution in [1.29, 1.82) is 0 Å². The zero-order valence-electron chi connectivity index (χ0n) is 26.2. The van der Waals surface area contributed by atoms with E-state index in [9.17, 15) is 9.59 Å². The van der Waals surface area contributed by atoms with Crippen molar-refractivity contribution in [1.82, 2.24) is 20.0 Å². The van der Waals surface area contributed by atoms with Crippen molar-refractivity contribution in [2.75, 3.05) is 59.0 Å². The normalized spacial score (nSPS) is 13.9. The lowest BCUT2D eigenvalue weighted by Gasteiger charge is -2.32. The Hall–Kier alpha value is -5.12. The zero-order valence-corrected chi connectivity index (χ0v) is 26.2. The lowest BCUT2D eigenvalue weighted by molar-refractivity contribution is -0.132. The Labute approximate surface area is 264 Å². The highest BCUT2D eigenvalue weighted by atomic mass is 16.5. The summed E-state index contributed by atoms with van der Waals surface area (Å²) in [7, 11) is 4.81. The Bertz CT molecular complexity index is 1580. The molecule has 10 nitrogen and oxygen atoms in total. The van der Waals surface area contributed by atoms with Crippen molar-refractivity contribution in [3.8, 4) is 28.5 Å². The first-order chi connectivity index (χ1) is 21.9. The van der Waals surface area contributed by atoms with E-state index in [-0.39, 0.29) is 24.4 Å². The van der Waals surface area contributed by atoms with Crippen LogP contribution in [0, 0.1) is 0 Å². The number of methoxy groups -OCH3 is 3. The average Bonchev–Trinajstić information content (AvgIpc) is 3.37. The molecule has 5 rings (SSSR count). The number of nitrogens with zero attached hydrogens (tertiary/aromatic N) is 5. The van der Waals surface area contributed by atoms with Crippen LogP contribution in [-0.2, 0) is 4.79 Å². The summed E-state index contributed by atoms with van der Waals surface area (Å²) in [4.78, 5) is 33.1. The van der Waals surface area contributed by atoms with Crippen LogP contribution in [0.3, 0.4) is 0 Å². The Morgan fingerprint density at radius 2 is 1.53 bits per heavy atom. The minimum atomic E-state index is -0.300. The SMILES string of the molecule is COc1ccc(C(=O)N(CC(=O)N2CCCN(c3ccc(-c4ccc(OC)cc4OC)nn3)CC2)C(C)c2ccccc2)cc1. The van der Waals surface area contributed by atoms with Crippen molar-refractivity contribution in [2.45, 2.75) is 19.4 Å². The van der Waals surface area contributed by atoms with Crippen LogP contribution in [-0.4, -0.2) is 85.9 Å². The minimum Gasteiger partial charge on any atom is -0.497 e. The first-order valence-corrected chi connectivity index (χ1v) is 15.0. The summed E-state index contributed by atoms with van der Waals surface area (Å²) in [6, 6.07) is 25.9. The van der Waals surface area contributed by atoms with Crippen LogP contribution in [0.15, 0.2) is 84.9 Å². The summed E-state index contributed by atoms with van der Waals surface area (Å²) in [5, 5.41) is 8.98. The topological polar surface area (TPSA) is 97.3 Å². The van der Waals surface area contributed by atoms with E-state index in [1.165, 1.54) is 0 Å². The Morgan fingerprint density at radius 1 is 0.800 bits per heavy atom. The van der Waals surface area contributed by atoms with Gasteiger partial charge in [-0.1, -0.05) is 30.3 Å². The lowest BCUT2D eigenvalue weighted by atomic mass is 10.1. The van der Waals surface area contributed by atoms with Gasteiger partial charge in [0.25, 0.3) is 5.91 Å². The van der Waals surface area contributed by atoms with Gasteiger partial charge in [-0.05, 0) is 67.4 Å². The van der Waals surface area contributed by atoms with E-state index in [1.807, 2.05) is 72.5 Å². The Morgan fingerprint density at radius 3 is 2.20 bits per heavy atom. The summed E-state index contributed by atoms with van der Waals surface area (Å²) in [5.74, 6) is 2.47. The fraction of sp³-hybridized carbons (Fsp3) is 0.314. The van der Waals surface area contributed by atoms with E-state index in [0.29, 0.717) is 48.1 Å². The van der Waals surface area contributed by atoms with Gasteiger partial charge >= 0.3 is 0 Å². The van der Waals surface area contributed by atoms with Gasteiger partial charge in [0.2, 0.25) is 5.91 Å². The van der Waals surface area contributed by atoms with Crippen LogP contribution in [0.4, 0.5) is 5.82 Å². The fourth-order valence-electron chi connectivity index (χ4n) is 5.48. The molecular formula is C35H39N5O5. The summed E-state index contributed by atoms with van der Waals surface area (Å²) in [6.07, 6.45) is 0.766. The van der Waals surface area contributed by atoms with Crippen molar-refractivity contribution in [2.24, 2.45) is 0 Å². The molecule has 1 saturated heterocycles. The monoisotopic (exact) mass is 609 g/mol. The molecule has 0 bridgehead atoms. The molecule has 0 N–H and O–H groups in total. The molecule has 2 amide bonds. The van der Waals surface area contributed by atoms with E-state index in [4.69, 9.17) is 14.2 Å². The summed E-state index contributed by atoms with van der Waals surface area (Å²) in [5.41, 5.74) is 2.98. The van der Waals surface area contributed by atoms with Crippen LogP contribution in [0.1, 0.15) is 35.3 Å². The van der Waals surface area contributed by atoms with E-state index in [1.54, 1.807) is 50.5 Å². The number of hydrogen-bond acceptors (Lipinski definition) is 8. The van der Waals surface area contributed by atoms with Crippen molar-refractivity contribution in [3.05, 3.63) is 96.1 Å². The molecule has 0 saturated carbocycles. The van der Waals surface area contributed by atoms with Gasteiger partial charge in [0.15, 0.2) is 5.82 Å². The number of amides is 2. The first kappa shape index (κ1) is 31.3. The fourth-order valence-corrected chi connectivity index (χ4v) is 5.48. The van der Waals surface area contributed by atoms with Gasteiger partial charge in [0.1, 0.15) is 23.8 Å². The van der Waals surface area contributed by atoms with Crippen molar-refractivity contribution < 1.29 is 23.8 Å². The molecule has 10 heteroatoms. The maximum Gasteiger partial charge on any atom is 0.254 e. The van der Waals surface area contributed by atoms with Gasteiger partial charge in [-0.2, -0.15) is 0 Å². The van der Waals surface area contributed by atoms with E-state index in [2.05, 4.69) is 15.1 Å². The molecule has 1 aliphatic heterocycles. The number of rotatable bonds is 10. The second kappa shape index (κ2) is 14.6. The highest BCUT2D eigenvalue weighted by Crippen LogP contribution is 2.32. The molecule has 45 heavy (non-hydrogen) atoms. The van der Waals surface area contributed by atoms with Gasteiger partial charge in [-0.3, -0.25) is 9.59 Å². The molecule has 1 unspecified atom stereocenters. The maximum atomic E-state index is 13.8. The molecule has 1 fully saturated rings. The second-order valence-corrected chi connectivity index (χ2v) is 10.8. The molecule has 1 atom stereocenters. The molecule has 0 aliphatic carbocycles. The number of benzene rings is 3. The van der Waals surface area contributed by atoms with Gasteiger partial charge in [-0.25, -0.2) is 0 Å². The average molecular weight is 610 g/mol. The maximum absolute atomic E-state index is 13.8. The number of carbonyl (C=O) groups is 2. The second-order valence-electron chi connectivity index (χ2n) is 10.8. The molecule has 3 aromatic carbocycles. The molecule has 1 aliphatic rings. The van der Waals surface area contributed by atoms with E-state index >= 15 is 0 Å². The number of carbonyl (C=O) groups excluding carboxylic acids is 2. The van der Waals surface area contributed by atoms with Crippen LogP contribution in [0.2, 0.25) is 0 Å². The van der Waals surface area contributed by atoms with E-state index in [0.717, 1.165) is 29.9 Å². The number of anilines is 1. The molecule has 4 aromatic rings. The molecule has 0 radical (unpaired) electrons. The highest BCUT2D eigenvalue weighted by Gasteiger charge is 2.28. The van der Waals surface area contributed by atoms with Crippen LogP contribution in [0.25, 0.3) is 11.3 Å². The Kier molecular flexibility index (Phi) is 10.1. The minimum absolute atomic E-state index is 0.0287. The zero-order chi connectivity index (χ0) is 31.8. The summed E-state index contributed by atoms with van der Waals surface area (Å²) in [6.45, 7) is 4.37. The third-order valence-corrected chi connectivity index (χ3v) is 8.16. The third-order valence-electron chi connectivity index (χ3n) is 8.16. The highest BCUT2D eigenvalue weighted by molar-refractivity contribution is 5.97. The van der Waals surface area contributed by atoms with Crippen LogP contribution < -0.4 is 19.1 Å². The summed E-state index contributed by atoms with van der Waals surface area (Å²) >= 11 is 0. The first-order valence-electron chi connectivity index (χ1n) is 15.0. The molecule has 0 spiro atoms. The van der Waals surface area contributed by atoms with Gasteiger partial charge < -0.3 is 28.9 Å². The third kappa shape index (κ3) is 7.34. The Balaban J connectivity index is 1.27. The predicted octanol–water partition coefficient (Wildman–Crippen LogP) is 5.11. The molecular weight excluding hydrogens is 570 g/mol. The number of aromatic nitrogens is 2. The van der Waals surface area contributed by atoms with Gasteiger partial charge in [0.05, 0.1) is 33.1 Å². The van der Waals surface area contributed by atoms with E-state index < -0.39 is 0 Å². The summed E-state index contributed by atoms with van der Waals surface area (Å²) < 4.78 is 16.1. The predicted molar refractivity (Wildman–Crippen MR) is 173 cm³/mol.